The second kappa shape index (κ2) is 9.46. The van der Waals surface area contributed by atoms with Gasteiger partial charge in [0.25, 0.3) is 0 Å². The maximum absolute atomic E-state index is 14.0. The minimum absolute atomic E-state index is 0.185. The first-order chi connectivity index (χ1) is 16.2. The molecule has 1 aliphatic heterocycles. The largest absolute Gasteiger partial charge is 0.444 e. The molecule has 2 aromatic heterocycles. The van der Waals surface area contributed by atoms with E-state index in [1.54, 1.807) is 35.2 Å². The Hall–Kier alpha value is -4.01. The Balaban J connectivity index is 1.42. The topological polar surface area (TPSA) is 96.5 Å². The number of carbonyl (C=O) groups is 2. The number of nitrogens with one attached hydrogen (secondary N) is 2. The SMILES string of the molecule is CC(C)(C)OC(=O)N1CC=C(c2cccc(NC(=O)Nc3ccnc4c(F)cccc34)n2)CC1. The Bertz CT molecular complexity index is 1270. The number of benzene rings is 1. The molecule has 0 saturated heterocycles. The van der Waals surface area contributed by atoms with Gasteiger partial charge in [-0.15, -0.1) is 0 Å². The lowest BCUT2D eigenvalue weighted by molar-refractivity contribution is 0.0270. The number of pyridine rings is 2. The van der Waals surface area contributed by atoms with Crippen LogP contribution < -0.4 is 10.6 Å². The summed E-state index contributed by atoms with van der Waals surface area (Å²) in [5.74, 6) is -0.0862. The highest BCUT2D eigenvalue weighted by atomic mass is 19.1. The fourth-order valence-electron chi connectivity index (χ4n) is 3.60. The number of amides is 3. The van der Waals surface area contributed by atoms with Crippen molar-refractivity contribution in [2.75, 3.05) is 23.7 Å². The average Bonchev–Trinajstić information content (AvgIpc) is 2.79. The summed E-state index contributed by atoms with van der Waals surface area (Å²) in [6, 6.07) is 11.0. The molecule has 8 nitrogen and oxygen atoms in total. The van der Waals surface area contributed by atoms with Gasteiger partial charge in [0.15, 0.2) is 0 Å². The van der Waals surface area contributed by atoms with E-state index >= 15 is 0 Å². The number of fused-ring (bicyclic) bond motifs is 1. The van der Waals surface area contributed by atoms with Gasteiger partial charge in [-0.1, -0.05) is 24.3 Å². The monoisotopic (exact) mass is 463 g/mol. The van der Waals surface area contributed by atoms with Crippen LogP contribution >= 0.6 is 0 Å². The van der Waals surface area contributed by atoms with Gasteiger partial charge in [-0.3, -0.25) is 10.3 Å². The van der Waals surface area contributed by atoms with Crippen molar-refractivity contribution < 1.29 is 18.7 Å². The molecule has 4 rings (SSSR count). The lowest BCUT2D eigenvalue weighted by Crippen LogP contribution is -2.39. The van der Waals surface area contributed by atoms with Crippen LogP contribution in [0, 0.1) is 5.82 Å². The fraction of sp³-hybridized carbons (Fsp3) is 0.280. The van der Waals surface area contributed by atoms with E-state index in [4.69, 9.17) is 4.74 Å². The molecule has 176 valence electrons. The standard InChI is InChI=1S/C25H26FN5O3/c1-25(2,3)34-24(33)31-14-11-16(12-15-31)19-8-5-9-21(28-19)30-23(32)29-20-10-13-27-22-17(20)6-4-7-18(22)26/h4-11,13H,12,14-15H2,1-3H3,(H2,27,28,29,30,32). The summed E-state index contributed by atoms with van der Waals surface area (Å²) in [5, 5.41) is 5.94. The van der Waals surface area contributed by atoms with Gasteiger partial charge in [0.1, 0.15) is 22.8 Å². The van der Waals surface area contributed by atoms with Crippen LogP contribution in [0.1, 0.15) is 32.9 Å². The van der Waals surface area contributed by atoms with Crippen molar-refractivity contribution in [1.29, 1.82) is 0 Å². The van der Waals surface area contributed by atoms with Crippen molar-refractivity contribution in [3.05, 3.63) is 66.2 Å². The zero-order chi connectivity index (χ0) is 24.3. The normalized spacial score (nSPS) is 13.9. The van der Waals surface area contributed by atoms with Crippen LogP contribution in [0.4, 0.5) is 25.5 Å². The van der Waals surface area contributed by atoms with Crippen LogP contribution in [0.3, 0.4) is 0 Å². The van der Waals surface area contributed by atoms with E-state index in [0.29, 0.717) is 36.4 Å². The number of carbonyl (C=O) groups excluding carboxylic acids is 2. The van der Waals surface area contributed by atoms with Gasteiger partial charge in [0.2, 0.25) is 0 Å². The molecule has 2 N–H and O–H groups in total. The van der Waals surface area contributed by atoms with Crippen molar-refractivity contribution in [1.82, 2.24) is 14.9 Å². The first-order valence-corrected chi connectivity index (χ1v) is 11.0. The van der Waals surface area contributed by atoms with E-state index in [9.17, 15) is 14.0 Å². The molecule has 0 fully saturated rings. The van der Waals surface area contributed by atoms with Gasteiger partial charge in [-0.2, -0.15) is 0 Å². The molecule has 0 aliphatic carbocycles. The number of para-hydroxylation sites is 1. The van der Waals surface area contributed by atoms with E-state index in [1.165, 1.54) is 12.3 Å². The lowest BCUT2D eigenvalue weighted by Gasteiger charge is -2.29. The van der Waals surface area contributed by atoms with Crippen molar-refractivity contribution in [2.24, 2.45) is 0 Å². The summed E-state index contributed by atoms with van der Waals surface area (Å²) >= 11 is 0. The number of nitrogens with zero attached hydrogens (tertiary/aromatic N) is 3. The molecule has 3 heterocycles. The minimum atomic E-state index is -0.542. The van der Waals surface area contributed by atoms with Crippen LogP contribution in [0.2, 0.25) is 0 Å². The third kappa shape index (κ3) is 5.48. The maximum atomic E-state index is 14.0. The van der Waals surface area contributed by atoms with Crippen molar-refractivity contribution in [3.63, 3.8) is 0 Å². The highest BCUT2D eigenvalue weighted by molar-refractivity contribution is 6.05. The van der Waals surface area contributed by atoms with Gasteiger partial charge in [0.05, 0.1) is 11.4 Å². The van der Waals surface area contributed by atoms with Gasteiger partial charge in [-0.05, 0) is 57.0 Å². The predicted octanol–water partition coefficient (Wildman–Crippen LogP) is 5.44. The second-order valence-electron chi connectivity index (χ2n) is 8.89. The molecule has 1 aliphatic rings. The highest BCUT2D eigenvalue weighted by Gasteiger charge is 2.24. The average molecular weight is 464 g/mol. The zero-order valence-electron chi connectivity index (χ0n) is 19.3. The van der Waals surface area contributed by atoms with Crippen LogP contribution in [-0.2, 0) is 4.74 Å². The summed E-state index contributed by atoms with van der Waals surface area (Å²) in [6.07, 6.45) is 3.66. The highest BCUT2D eigenvalue weighted by Crippen LogP contribution is 2.25. The van der Waals surface area contributed by atoms with Crippen LogP contribution in [0.5, 0.6) is 0 Å². The molecule has 0 saturated carbocycles. The van der Waals surface area contributed by atoms with E-state index in [2.05, 4.69) is 20.6 Å². The molecule has 3 aromatic rings. The van der Waals surface area contributed by atoms with E-state index < -0.39 is 17.4 Å². The summed E-state index contributed by atoms with van der Waals surface area (Å²) in [4.78, 5) is 35.1. The second-order valence-corrected chi connectivity index (χ2v) is 8.89. The Morgan fingerprint density at radius 1 is 1.09 bits per heavy atom. The van der Waals surface area contributed by atoms with E-state index in [0.717, 1.165) is 11.3 Å². The number of hydrogen-bond donors (Lipinski definition) is 2. The molecular formula is C25H26FN5O3. The molecule has 0 atom stereocenters. The number of anilines is 2. The minimum Gasteiger partial charge on any atom is -0.444 e. The Morgan fingerprint density at radius 2 is 1.88 bits per heavy atom. The smallest absolute Gasteiger partial charge is 0.410 e. The van der Waals surface area contributed by atoms with E-state index in [-0.39, 0.29) is 11.6 Å². The maximum Gasteiger partial charge on any atom is 0.410 e. The Morgan fingerprint density at radius 3 is 2.62 bits per heavy atom. The van der Waals surface area contributed by atoms with Crippen molar-refractivity contribution >= 4 is 40.1 Å². The number of halogens is 1. The molecule has 1 aromatic carbocycles. The molecule has 0 spiro atoms. The molecule has 0 unspecified atom stereocenters. The fourth-order valence-corrected chi connectivity index (χ4v) is 3.60. The molecule has 9 heteroatoms. The first kappa shape index (κ1) is 23.2. The molecule has 0 radical (unpaired) electrons. The van der Waals surface area contributed by atoms with E-state index in [1.807, 2.05) is 32.9 Å². The molecule has 0 bridgehead atoms. The van der Waals surface area contributed by atoms with Crippen molar-refractivity contribution in [2.45, 2.75) is 32.8 Å². The summed E-state index contributed by atoms with van der Waals surface area (Å²) < 4.78 is 19.4. The van der Waals surface area contributed by atoms with Gasteiger partial charge in [-0.25, -0.2) is 19.0 Å². The summed E-state index contributed by atoms with van der Waals surface area (Å²) in [7, 11) is 0. The number of aromatic nitrogens is 2. The lowest BCUT2D eigenvalue weighted by atomic mass is 10.0. The molecular weight excluding hydrogens is 437 g/mol. The van der Waals surface area contributed by atoms with Gasteiger partial charge < -0.3 is 15.0 Å². The number of urea groups is 1. The van der Waals surface area contributed by atoms with Crippen LogP contribution in [0.25, 0.3) is 16.5 Å². The number of ether oxygens (including phenoxy) is 1. The zero-order valence-corrected chi connectivity index (χ0v) is 19.3. The van der Waals surface area contributed by atoms with Gasteiger partial charge >= 0.3 is 12.1 Å². The van der Waals surface area contributed by atoms with Crippen LogP contribution in [-0.4, -0.2) is 45.7 Å². The van der Waals surface area contributed by atoms with Gasteiger partial charge in [0, 0.05) is 24.7 Å². The summed E-state index contributed by atoms with van der Waals surface area (Å²) in [5.41, 5.74) is 1.79. The van der Waals surface area contributed by atoms with Crippen LogP contribution in [0.15, 0.2) is 54.7 Å². The molecule has 3 amide bonds. The number of hydrogen-bond acceptors (Lipinski definition) is 5. The Kier molecular flexibility index (Phi) is 6.45. The predicted molar refractivity (Wildman–Crippen MR) is 129 cm³/mol. The molecule has 34 heavy (non-hydrogen) atoms. The third-order valence-electron chi connectivity index (χ3n) is 5.15. The Labute approximate surface area is 196 Å². The quantitative estimate of drug-likeness (QED) is 0.539. The van der Waals surface area contributed by atoms with Crippen molar-refractivity contribution in [3.8, 4) is 0 Å². The summed E-state index contributed by atoms with van der Waals surface area (Å²) in [6.45, 7) is 6.46. The third-order valence-corrected chi connectivity index (χ3v) is 5.15. The number of rotatable bonds is 3. The first-order valence-electron chi connectivity index (χ1n) is 11.0.